The summed E-state index contributed by atoms with van der Waals surface area (Å²) < 4.78 is 20.4. The third-order valence-corrected chi connectivity index (χ3v) is 65.7. The van der Waals surface area contributed by atoms with E-state index >= 15 is 0 Å². The van der Waals surface area contributed by atoms with Crippen molar-refractivity contribution in [2.45, 2.75) is 431 Å². The van der Waals surface area contributed by atoms with Gasteiger partial charge in [-0.25, -0.2) is 0 Å². The minimum atomic E-state index is -1.85. The maximum absolute atomic E-state index is 11.6. The van der Waals surface area contributed by atoms with Gasteiger partial charge in [-0.3, -0.25) is 57.5 Å². The van der Waals surface area contributed by atoms with Gasteiger partial charge in [-0.1, -0.05) is 296 Å². The Labute approximate surface area is 904 Å². The lowest BCUT2D eigenvalue weighted by Crippen LogP contribution is -2.34. The highest BCUT2D eigenvalue weighted by atomic mass is 28.3. The molecule has 42 heteroatoms. The summed E-state index contributed by atoms with van der Waals surface area (Å²) in [4.78, 5) is 150. The number of unbranched alkanes of at least 4 members (excludes halogenated alkanes) is 5. The van der Waals surface area contributed by atoms with Gasteiger partial charge in [-0.15, -0.1) is 0 Å². The van der Waals surface area contributed by atoms with Crippen molar-refractivity contribution < 1.29 is 133 Å². The Morgan fingerprint density at radius 2 is 0.289 bits per heavy atom. The van der Waals surface area contributed by atoms with Crippen molar-refractivity contribution in [2.24, 2.45) is 0 Å². The number of carbonyl (C=O) groups is 12. The van der Waals surface area contributed by atoms with Gasteiger partial charge < -0.3 is 105 Å². The van der Waals surface area contributed by atoms with E-state index in [1.54, 1.807) is 0 Å². The molecule has 149 heavy (non-hydrogen) atoms. The lowest BCUT2D eigenvalue weighted by atomic mass is 10.2. The highest BCUT2D eigenvalue weighted by Gasteiger charge is 2.36. The second-order valence-corrected chi connectivity index (χ2v) is 96.5. The Kier molecular flexibility index (Phi) is 73.2. The molecule has 1 aromatic rings. The Hall–Kier alpha value is -6.03. The monoisotopic (exact) mass is 2260 g/mol. The largest absolute Gasteiger partial charge is 0.493 e. The first-order chi connectivity index (χ1) is 69.7. The van der Waals surface area contributed by atoms with Gasteiger partial charge in [0.15, 0.2) is 0 Å². The van der Waals surface area contributed by atoms with Crippen LogP contribution in [0, 0.1) is 0 Å². The van der Waals surface area contributed by atoms with Crippen molar-refractivity contribution in [1.29, 1.82) is 0 Å². The van der Waals surface area contributed by atoms with Crippen LogP contribution in [0.1, 0.15) is 205 Å². The summed E-state index contributed by atoms with van der Waals surface area (Å²) in [6.07, 6.45) is 19.7. The molecule has 33 nitrogen and oxygen atoms in total. The quantitative estimate of drug-likeness (QED) is 0.0213. The van der Waals surface area contributed by atoms with E-state index in [2.05, 4.69) is 98.2 Å². The van der Waals surface area contributed by atoms with Gasteiger partial charge in [-0.05, 0) is 97.1 Å². The molecule has 0 aromatic heterocycles. The van der Waals surface area contributed by atoms with Crippen molar-refractivity contribution in [3.63, 3.8) is 0 Å². The van der Waals surface area contributed by atoms with Crippen LogP contribution in [0.5, 0.6) is 17.2 Å². The first-order valence-electron chi connectivity index (χ1n) is 56.7. The SMILES string of the molecule is C[Si](C)(CCCN(CCC(=O)O)CCC(=O)O)CCC[Si](C)(CCCCCCOc1cc(OCCCC[Si](C)(CCC[Si](C)(C)CCCN(CCC(=O)O)CCC(=O)O)CCC[Si](C)(C)CCCN(CCC(=O)O)CCC(=O)O)cc(OCCCC[Si](C)(CCC[Si](C)(C)CCCN(CCC(=O)O)CCC(=O)O)CCC[Si](C)(C)CCCN(CCC(=O)O)CCC(=O)O)c1)CCC[Si](C)(C)CCCN(CCC(=O)O)CCC(=O)O. The smallest absolute Gasteiger partial charge is 0.304 e. The van der Waals surface area contributed by atoms with Crippen molar-refractivity contribution in [2.75, 3.05) is 138 Å². The molecule has 0 aliphatic carbocycles. The fourth-order valence-electron chi connectivity index (χ4n) is 21.3. The maximum Gasteiger partial charge on any atom is 0.304 e. The maximum atomic E-state index is 11.6. The van der Waals surface area contributed by atoms with Gasteiger partial charge >= 0.3 is 71.6 Å². The van der Waals surface area contributed by atoms with Crippen LogP contribution in [0.2, 0.25) is 225 Å². The Balaban J connectivity index is 3.86. The average molecular weight is 2260 g/mol. The standard InChI is InChI=1S/C107H208N6O27Si9/c1-141(2,69-24-48-108(54-36-96(114)115)55-37-97(116)117)75-30-84-147(13,85-31-76-142(3,4)70-25-49-109(56-38-98(118)119)57-39-99(120)121)81-21-17-16-18-66-138-93-90-94(139-67-19-22-82-148(14,86-32-77-143(5,6)71-26-50-110(58-40-100(122)123)59-41-101(124)125)87-33-78-144(7,8)72-27-51-111(60-42-102(126)127)61-43-103(128)129)92-95(91-93)140-68-20-23-83-149(15,88-34-79-145(9,10)73-28-52-112(62-44-104(130)131)63-45-105(132)133)89-35-80-146(11,12)74-29-53-113(64-46-106(134)135)65-47-107(136)137/h90-92H,16-89H2,1-15H3,(H,114,115)(H,116,117)(H,118,119)(H,120,121)(H,122,123)(H,124,125)(H,126,127)(H,128,129)(H,130,131)(H,132,133)(H,134,135)(H,136,137). The first-order valence-corrected chi connectivity index (χ1v) is 86.6. The molecule has 0 unspecified atom stereocenters. The highest BCUT2D eigenvalue weighted by molar-refractivity contribution is 6.82. The van der Waals surface area contributed by atoms with Gasteiger partial charge in [-0.2, -0.15) is 0 Å². The molecular weight excluding hydrogens is 2050 g/mol. The lowest BCUT2D eigenvalue weighted by molar-refractivity contribution is -0.139. The van der Waals surface area contributed by atoms with Crippen LogP contribution in [0.4, 0.5) is 0 Å². The van der Waals surface area contributed by atoms with E-state index in [9.17, 15) is 119 Å². The average Bonchev–Trinajstić information content (AvgIpc) is 0.830. The minimum absolute atomic E-state index is 0.0272. The van der Waals surface area contributed by atoms with Crippen LogP contribution in [-0.4, -0.2) is 373 Å². The normalized spacial score (nSPS) is 12.7. The molecule has 1 aromatic carbocycles. The van der Waals surface area contributed by atoms with Gasteiger partial charge in [0, 0.05) is 145 Å². The van der Waals surface area contributed by atoms with Crippen LogP contribution in [0.3, 0.4) is 0 Å². The summed E-state index contributed by atoms with van der Waals surface area (Å²) in [6, 6.07) is 30.3. The molecule has 0 radical (unpaired) electrons. The van der Waals surface area contributed by atoms with Crippen LogP contribution in [0.15, 0.2) is 18.2 Å². The summed E-state index contributed by atoms with van der Waals surface area (Å²) in [6.45, 7) is 46.7. The van der Waals surface area contributed by atoms with E-state index in [4.69, 9.17) is 14.2 Å². The zero-order valence-electron chi connectivity index (χ0n) is 95.2. The number of benzene rings is 1. The van der Waals surface area contributed by atoms with Crippen LogP contribution in [0.25, 0.3) is 0 Å². The van der Waals surface area contributed by atoms with Crippen molar-refractivity contribution >= 4 is 144 Å². The van der Waals surface area contributed by atoms with E-state index in [0.717, 1.165) is 164 Å². The topological polar surface area (TPSA) is 495 Å². The predicted octanol–water partition coefficient (Wildman–Crippen LogP) is 22.6. The number of hydrogen-bond donors (Lipinski definition) is 12. The molecule has 0 amide bonds. The lowest BCUT2D eigenvalue weighted by Gasteiger charge is -2.32. The van der Waals surface area contributed by atoms with Crippen LogP contribution in [-0.2, 0) is 57.5 Å². The fourth-order valence-corrected chi connectivity index (χ4v) is 50.1. The summed E-state index contributed by atoms with van der Waals surface area (Å²) >= 11 is 0. The number of carboxylic acids is 12. The summed E-state index contributed by atoms with van der Waals surface area (Å²) in [7, 11) is -15.6. The van der Waals surface area contributed by atoms with E-state index in [-0.39, 0.29) is 77.0 Å². The zero-order chi connectivity index (χ0) is 112. The fraction of sp³-hybridized carbons (Fsp3) is 0.832. The van der Waals surface area contributed by atoms with Gasteiger partial charge in [0.2, 0.25) is 0 Å². The van der Waals surface area contributed by atoms with Gasteiger partial charge in [0.1, 0.15) is 17.2 Å². The summed E-state index contributed by atoms with van der Waals surface area (Å²) in [5, 5.41) is 114. The number of rotatable bonds is 104. The molecule has 1 rings (SSSR count). The Morgan fingerprint density at radius 3 is 0.436 bits per heavy atom. The second-order valence-electron chi connectivity index (χ2n) is 49.2. The van der Waals surface area contributed by atoms with Crippen LogP contribution < -0.4 is 14.2 Å². The molecule has 864 valence electrons. The first kappa shape index (κ1) is 141. The van der Waals surface area contributed by atoms with Crippen molar-refractivity contribution in [3.05, 3.63) is 18.2 Å². The highest BCUT2D eigenvalue weighted by Crippen LogP contribution is 2.39. The molecule has 0 aliphatic rings. The summed E-state index contributed by atoms with van der Waals surface area (Å²) in [5.41, 5.74) is 0. The molecule has 0 heterocycles. The van der Waals surface area contributed by atoms with Crippen molar-refractivity contribution in [3.8, 4) is 17.2 Å². The van der Waals surface area contributed by atoms with E-state index < -0.39 is 144 Å². The van der Waals surface area contributed by atoms with Gasteiger partial charge in [0.05, 0.1) is 121 Å². The molecule has 0 fully saturated rings. The molecule has 0 saturated heterocycles. The Bertz CT molecular complexity index is 3520. The molecule has 0 spiro atoms. The molecule has 0 atom stereocenters. The number of aliphatic carboxylic acids is 12. The van der Waals surface area contributed by atoms with E-state index in [1.165, 1.54) is 91.4 Å². The molecule has 0 saturated carbocycles. The van der Waals surface area contributed by atoms with E-state index in [1.807, 2.05) is 47.6 Å². The summed E-state index contributed by atoms with van der Waals surface area (Å²) in [5.74, 6) is -8.70. The number of carboxylic acid groups (broad SMARTS) is 12. The Morgan fingerprint density at radius 1 is 0.168 bits per heavy atom. The van der Waals surface area contributed by atoms with Crippen LogP contribution >= 0.6 is 0 Å². The van der Waals surface area contributed by atoms with Crippen molar-refractivity contribution in [1.82, 2.24) is 29.4 Å². The molecule has 0 aliphatic heterocycles. The number of hydrogen-bond acceptors (Lipinski definition) is 21. The second kappa shape index (κ2) is 77.4. The number of nitrogens with zero attached hydrogens (tertiary/aromatic N) is 6. The minimum Gasteiger partial charge on any atom is -0.493 e. The predicted molar refractivity (Wildman–Crippen MR) is 622 cm³/mol. The van der Waals surface area contributed by atoms with E-state index in [0.29, 0.717) is 155 Å². The molecule has 12 N–H and O–H groups in total. The zero-order valence-corrected chi connectivity index (χ0v) is 104. The third-order valence-electron chi connectivity index (χ3n) is 31.2. The molecule has 0 bridgehead atoms. The third kappa shape index (κ3) is 81.3. The van der Waals surface area contributed by atoms with Gasteiger partial charge in [0.25, 0.3) is 0 Å². The number of ether oxygens (including phenoxy) is 3. The molecular formula is C107H208N6O27Si9.